The van der Waals surface area contributed by atoms with Gasteiger partial charge in [0.2, 0.25) is 5.91 Å². The number of amides is 1. The zero-order chi connectivity index (χ0) is 18.9. The molecule has 8 heteroatoms. The van der Waals surface area contributed by atoms with Crippen LogP contribution in [0.1, 0.15) is 12.5 Å². The first kappa shape index (κ1) is 18.3. The van der Waals surface area contributed by atoms with E-state index in [9.17, 15) is 18.0 Å². The van der Waals surface area contributed by atoms with Crippen molar-refractivity contribution in [1.29, 1.82) is 0 Å². The highest BCUT2D eigenvalue weighted by Crippen LogP contribution is 2.30. The maximum Gasteiger partial charge on any atom is 0.416 e. The number of halogens is 3. The lowest BCUT2D eigenvalue weighted by molar-refractivity contribution is -0.137. The molecule has 4 nitrogen and oxygen atoms in total. The van der Waals surface area contributed by atoms with E-state index in [1.54, 1.807) is 6.92 Å². The van der Waals surface area contributed by atoms with Gasteiger partial charge in [-0.1, -0.05) is 23.9 Å². The van der Waals surface area contributed by atoms with Crippen LogP contribution in [0, 0.1) is 0 Å². The minimum absolute atomic E-state index is 0.304. The van der Waals surface area contributed by atoms with Gasteiger partial charge in [0.25, 0.3) is 0 Å². The molecule has 0 saturated carbocycles. The number of rotatable bonds is 4. The second-order valence-corrected chi connectivity index (χ2v) is 7.07. The van der Waals surface area contributed by atoms with Crippen molar-refractivity contribution >= 4 is 34.4 Å². The van der Waals surface area contributed by atoms with Crippen molar-refractivity contribution in [3.8, 4) is 0 Å². The molecule has 26 heavy (non-hydrogen) atoms. The number of hydrogen-bond donors (Lipinski definition) is 1. The van der Waals surface area contributed by atoms with Crippen LogP contribution in [0.3, 0.4) is 0 Å². The lowest BCUT2D eigenvalue weighted by Gasteiger charge is -2.12. The maximum absolute atomic E-state index is 12.6. The summed E-state index contributed by atoms with van der Waals surface area (Å²) in [5.74, 6) is -0.304. The summed E-state index contributed by atoms with van der Waals surface area (Å²) in [6, 6.07) is 12.0. The van der Waals surface area contributed by atoms with Crippen molar-refractivity contribution in [1.82, 2.24) is 9.55 Å². The van der Waals surface area contributed by atoms with Crippen LogP contribution in [0.5, 0.6) is 0 Å². The Hall–Kier alpha value is -2.48. The van der Waals surface area contributed by atoms with Gasteiger partial charge in [0.05, 0.1) is 21.8 Å². The summed E-state index contributed by atoms with van der Waals surface area (Å²) < 4.78 is 39.6. The first-order valence-corrected chi connectivity index (χ1v) is 8.70. The minimum Gasteiger partial charge on any atom is -0.325 e. The molecule has 1 amide bonds. The number of imidazole rings is 1. The number of aryl methyl sites for hydroxylation is 1. The first-order valence-electron chi connectivity index (χ1n) is 7.82. The smallest absolute Gasteiger partial charge is 0.325 e. The second kappa shape index (κ2) is 7.03. The molecule has 0 saturated heterocycles. The highest BCUT2D eigenvalue weighted by atomic mass is 32.2. The van der Waals surface area contributed by atoms with Gasteiger partial charge in [-0.05, 0) is 43.3 Å². The van der Waals surface area contributed by atoms with Crippen molar-refractivity contribution in [2.75, 3.05) is 5.32 Å². The van der Waals surface area contributed by atoms with Crippen molar-refractivity contribution in [2.24, 2.45) is 7.05 Å². The summed E-state index contributed by atoms with van der Waals surface area (Å²) in [7, 11) is 1.87. The van der Waals surface area contributed by atoms with E-state index in [2.05, 4.69) is 10.3 Å². The molecular weight excluding hydrogens is 363 g/mol. The van der Waals surface area contributed by atoms with Gasteiger partial charge >= 0.3 is 6.18 Å². The summed E-state index contributed by atoms with van der Waals surface area (Å²) >= 11 is 1.29. The molecule has 0 unspecified atom stereocenters. The largest absolute Gasteiger partial charge is 0.416 e. The molecule has 0 spiro atoms. The predicted octanol–water partition coefficient (Wildman–Crippen LogP) is 4.71. The lowest BCUT2D eigenvalue weighted by atomic mass is 10.2. The molecule has 3 rings (SSSR count). The molecule has 1 N–H and O–H groups in total. The number of aromatic nitrogens is 2. The number of benzene rings is 2. The minimum atomic E-state index is -4.40. The third kappa shape index (κ3) is 3.85. The summed E-state index contributed by atoms with van der Waals surface area (Å²) in [5.41, 5.74) is 1.37. The van der Waals surface area contributed by atoms with E-state index < -0.39 is 17.0 Å². The van der Waals surface area contributed by atoms with E-state index in [0.717, 1.165) is 23.2 Å². The van der Waals surface area contributed by atoms with Crippen LogP contribution in [-0.2, 0) is 18.0 Å². The number of hydrogen-bond acceptors (Lipinski definition) is 3. The second-order valence-electron chi connectivity index (χ2n) is 5.77. The van der Waals surface area contributed by atoms with Gasteiger partial charge in [0, 0.05) is 12.7 Å². The summed E-state index contributed by atoms with van der Waals surface area (Å²) in [5, 5.41) is 2.86. The highest BCUT2D eigenvalue weighted by Gasteiger charge is 2.30. The molecule has 0 radical (unpaired) electrons. The lowest BCUT2D eigenvalue weighted by Crippen LogP contribution is -2.22. The van der Waals surface area contributed by atoms with Crippen molar-refractivity contribution in [3.63, 3.8) is 0 Å². The number of carbonyl (C=O) groups excluding carboxylic acids is 1. The number of alkyl halides is 3. The van der Waals surface area contributed by atoms with Gasteiger partial charge in [0.1, 0.15) is 0 Å². The van der Waals surface area contributed by atoms with Crippen molar-refractivity contribution in [3.05, 3.63) is 54.1 Å². The summed E-state index contributed by atoms with van der Waals surface area (Å²) in [6.45, 7) is 1.73. The Morgan fingerprint density at radius 1 is 1.15 bits per heavy atom. The molecule has 3 aromatic rings. The van der Waals surface area contributed by atoms with E-state index in [1.165, 1.54) is 23.9 Å². The number of fused-ring (bicyclic) bond motifs is 1. The van der Waals surface area contributed by atoms with Gasteiger partial charge in [-0.25, -0.2) is 4.98 Å². The third-order valence-electron chi connectivity index (χ3n) is 3.88. The number of nitrogens with one attached hydrogen (secondary N) is 1. The molecule has 0 aliphatic heterocycles. The van der Waals surface area contributed by atoms with Crippen molar-refractivity contribution in [2.45, 2.75) is 23.5 Å². The van der Waals surface area contributed by atoms with Crippen LogP contribution >= 0.6 is 11.8 Å². The average Bonchev–Trinajstić information content (AvgIpc) is 2.91. The monoisotopic (exact) mass is 379 g/mol. The Labute approximate surface area is 152 Å². The molecule has 1 heterocycles. The average molecular weight is 379 g/mol. The van der Waals surface area contributed by atoms with Crippen molar-refractivity contribution < 1.29 is 18.0 Å². The number of nitrogens with zero attached hydrogens (tertiary/aromatic N) is 2. The summed E-state index contributed by atoms with van der Waals surface area (Å²) in [4.78, 5) is 16.8. The van der Waals surface area contributed by atoms with E-state index in [4.69, 9.17) is 0 Å². The molecule has 0 fully saturated rings. The van der Waals surface area contributed by atoms with E-state index in [0.29, 0.717) is 10.8 Å². The fourth-order valence-electron chi connectivity index (χ4n) is 2.43. The number of anilines is 1. The molecule has 136 valence electrons. The topological polar surface area (TPSA) is 46.9 Å². The van der Waals surface area contributed by atoms with Gasteiger partial charge in [-0.2, -0.15) is 13.2 Å². The van der Waals surface area contributed by atoms with Gasteiger partial charge in [0.15, 0.2) is 5.16 Å². The SMILES string of the molecule is C[C@@H](Sc1nc2ccccc2n1C)C(=O)Nc1ccc(C(F)(F)F)cc1. The fraction of sp³-hybridized carbons (Fsp3) is 0.222. The molecular formula is C18H16F3N3OS. The molecule has 0 aliphatic carbocycles. The van der Waals surface area contributed by atoms with Crippen LogP contribution in [0.15, 0.2) is 53.7 Å². The number of carbonyl (C=O) groups is 1. The zero-order valence-electron chi connectivity index (χ0n) is 14.0. The number of para-hydroxylation sites is 2. The quantitative estimate of drug-likeness (QED) is 0.668. The Bertz CT molecular complexity index is 935. The van der Waals surface area contributed by atoms with Crippen LogP contribution in [-0.4, -0.2) is 20.7 Å². The van der Waals surface area contributed by atoms with Crippen LogP contribution in [0.2, 0.25) is 0 Å². The number of thioether (sulfide) groups is 1. The standard InChI is InChI=1S/C18H16F3N3OS/c1-11(26-17-23-14-5-3-4-6-15(14)24(17)2)16(25)22-13-9-7-12(8-10-13)18(19,20)21/h3-11H,1-2H3,(H,22,25)/t11-/m1/s1. The molecule has 1 atom stereocenters. The predicted molar refractivity (Wildman–Crippen MR) is 96.1 cm³/mol. The Balaban J connectivity index is 1.68. The van der Waals surface area contributed by atoms with E-state index >= 15 is 0 Å². The van der Waals surface area contributed by atoms with Crippen LogP contribution < -0.4 is 5.32 Å². The highest BCUT2D eigenvalue weighted by molar-refractivity contribution is 8.00. The molecule has 2 aromatic carbocycles. The van der Waals surface area contributed by atoms with E-state index in [1.807, 2.05) is 35.9 Å². The zero-order valence-corrected chi connectivity index (χ0v) is 14.9. The Kier molecular flexibility index (Phi) is 4.95. The molecule has 1 aromatic heterocycles. The van der Waals surface area contributed by atoms with Crippen LogP contribution in [0.4, 0.5) is 18.9 Å². The van der Waals surface area contributed by atoms with Gasteiger partial charge in [-0.15, -0.1) is 0 Å². The van der Waals surface area contributed by atoms with Crippen LogP contribution in [0.25, 0.3) is 11.0 Å². The molecule has 0 aliphatic rings. The Morgan fingerprint density at radius 3 is 2.42 bits per heavy atom. The third-order valence-corrected chi connectivity index (χ3v) is 5.02. The molecule has 0 bridgehead atoms. The van der Waals surface area contributed by atoms with E-state index in [-0.39, 0.29) is 5.91 Å². The first-order chi connectivity index (χ1) is 12.3. The Morgan fingerprint density at radius 2 is 1.81 bits per heavy atom. The van der Waals surface area contributed by atoms with Gasteiger partial charge < -0.3 is 9.88 Å². The fourth-order valence-corrected chi connectivity index (χ4v) is 3.32. The summed E-state index contributed by atoms with van der Waals surface area (Å²) in [6.07, 6.45) is -4.40. The normalized spacial score (nSPS) is 13.0. The maximum atomic E-state index is 12.6. The van der Waals surface area contributed by atoms with Gasteiger partial charge in [-0.3, -0.25) is 4.79 Å².